The van der Waals surface area contributed by atoms with Crippen molar-refractivity contribution in [2.75, 3.05) is 7.11 Å². The summed E-state index contributed by atoms with van der Waals surface area (Å²) < 4.78 is 4.48. The fourth-order valence-electron chi connectivity index (χ4n) is 1.33. The number of allylic oxidation sites excluding steroid dienone is 1. The number of nitrogens with two attached hydrogens (primary N) is 1. The van der Waals surface area contributed by atoms with E-state index in [4.69, 9.17) is 5.73 Å². The van der Waals surface area contributed by atoms with Gasteiger partial charge in [-0.1, -0.05) is 5.57 Å². The van der Waals surface area contributed by atoms with Gasteiger partial charge in [-0.2, -0.15) is 0 Å². The molecule has 13 heavy (non-hydrogen) atoms. The number of esters is 1. The van der Waals surface area contributed by atoms with Crippen LogP contribution in [0.1, 0.15) is 19.8 Å². The van der Waals surface area contributed by atoms with Gasteiger partial charge in [0, 0.05) is 0 Å². The summed E-state index contributed by atoms with van der Waals surface area (Å²) >= 11 is 0. The zero-order valence-corrected chi connectivity index (χ0v) is 7.79. The maximum atomic E-state index is 11.4. The highest BCUT2D eigenvalue weighted by molar-refractivity contribution is 6.14. The lowest BCUT2D eigenvalue weighted by molar-refractivity contribution is -0.150. The molecule has 0 aromatic carbocycles. The molecule has 4 nitrogen and oxygen atoms in total. The van der Waals surface area contributed by atoms with Gasteiger partial charge in [-0.25, -0.2) is 4.79 Å². The molecule has 0 aromatic rings. The smallest absolute Gasteiger partial charge is 0.333 e. The molecule has 0 aromatic heterocycles. The van der Waals surface area contributed by atoms with Crippen molar-refractivity contribution in [1.29, 1.82) is 0 Å². The number of hydrogen-bond acceptors (Lipinski definition) is 4. The Hall–Kier alpha value is -1.16. The average molecular weight is 183 g/mol. The van der Waals surface area contributed by atoms with Crippen LogP contribution >= 0.6 is 0 Å². The Bertz CT molecular complexity index is 283. The molecule has 0 saturated heterocycles. The summed E-state index contributed by atoms with van der Waals surface area (Å²) in [6, 6.07) is 0. The van der Waals surface area contributed by atoms with Crippen LogP contribution in [0.3, 0.4) is 0 Å². The highest BCUT2D eigenvalue weighted by Crippen LogP contribution is 2.23. The van der Waals surface area contributed by atoms with Crippen LogP contribution in [0.2, 0.25) is 0 Å². The second-order valence-electron chi connectivity index (χ2n) is 3.32. The Morgan fingerprint density at radius 1 is 1.69 bits per heavy atom. The van der Waals surface area contributed by atoms with Crippen LogP contribution in [0.4, 0.5) is 0 Å². The van der Waals surface area contributed by atoms with Gasteiger partial charge >= 0.3 is 5.97 Å². The lowest BCUT2D eigenvalue weighted by atomic mass is 9.82. The second-order valence-corrected chi connectivity index (χ2v) is 3.32. The van der Waals surface area contributed by atoms with Crippen LogP contribution in [0.25, 0.3) is 0 Å². The van der Waals surface area contributed by atoms with E-state index in [-0.39, 0.29) is 5.78 Å². The Labute approximate surface area is 76.7 Å². The van der Waals surface area contributed by atoms with Crippen molar-refractivity contribution in [3.05, 3.63) is 11.6 Å². The second kappa shape index (κ2) is 3.30. The highest BCUT2D eigenvalue weighted by Gasteiger charge is 2.43. The van der Waals surface area contributed by atoms with E-state index in [1.165, 1.54) is 13.2 Å². The SMILES string of the molecule is COC(=O)[C@]1(N)CCC(C)=CC1=O. The molecule has 0 bridgehead atoms. The van der Waals surface area contributed by atoms with Crippen molar-refractivity contribution < 1.29 is 14.3 Å². The molecule has 0 saturated carbocycles. The fraction of sp³-hybridized carbons (Fsp3) is 0.556. The number of ketones is 1. The molecule has 0 heterocycles. The Morgan fingerprint density at radius 3 is 2.77 bits per heavy atom. The molecule has 1 atom stereocenters. The van der Waals surface area contributed by atoms with Crippen molar-refractivity contribution >= 4 is 11.8 Å². The van der Waals surface area contributed by atoms with Crippen molar-refractivity contribution in [2.24, 2.45) is 5.73 Å². The monoisotopic (exact) mass is 183 g/mol. The summed E-state index contributed by atoms with van der Waals surface area (Å²) in [5.41, 5.74) is 5.15. The maximum absolute atomic E-state index is 11.4. The number of hydrogen-bond donors (Lipinski definition) is 1. The normalized spacial score (nSPS) is 28.2. The minimum atomic E-state index is -1.45. The Kier molecular flexibility index (Phi) is 2.52. The van der Waals surface area contributed by atoms with Crippen LogP contribution in [-0.2, 0) is 14.3 Å². The highest BCUT2D eigenvalue weighted by atomic mass is 16.5. The van der Waals surface area contributed by atoms with Gasteiger partial charge in [0.2, 0.25) is 0 Å². The summed E-state index contributed by atoms with van der Waals surface area (Å²) in [6.07, 6.45) is 2.42. The number of carbonyl (C=O) groups is 2. The van der Waals surface area contributed by atoms with Gasteiger partial charge in [-0.3, -0.25) is 4.79 Å². The molecule has 0 unspecified atom stereocenters. The van der Waals surface area contributed by atoms with Gasteiger partial charge in [-0.15, -0.1) is 0 Å². The first-order valence-corrected chi connectivity index (χ1v) is 4.09. The largest absolute Gasteiger partial charge is 0.467 e. The van der Waals surface area contributed by atoms with Crippen molar-refractivity contribution in [1.82, 2.24) is 0 Å². The van der Waals surface area contributed by atoms with Gasteiger partial charge in [0.1, 0.15) is 0 Å². The lowest BCUT2D eigenvalue weighted by Crippen LogP contribution is -2.56. The van der Waals surface area contributed by atoms with E-state index < -0.39 is 11.5 Å². The van der Waals surface area contributed by atoms with Crippen LogP contribution in [0.15, 0.2) is 11.6 Å². The van der Waals surface area contributed by atoms with Gasteiger partial charge in [0.15, 0.2) is 11.3 Å². The third-order valence-electron chi connectivity index (χ3n) is 2.28. The minimum absolute atomic E-state index is 0.334. The van der Waals surface area contributed by atoms with Gasteiger partial charge in [0.05, 0.1) is 7.11 Å². The van der Waals surface area contributed by atoms with E-state index >= 15 is 0 Å². The summed E-state index contributed by atoms with van der Waals surface area (Å²) in [6.45, 7) is 1.84. The van der Waals surface area contributed by atoms with Gasteiger partial charge in [-0.05, 0) is 25.8 Å². The molecular weight excluding hydrogens is 170 g/mol. The number of ether oxygens (including phenoxy) is 1. The summed E-state index contributed by atoms with van der Waals surface area (Å²) in [5, 5.41) is 0. The van der Waals surface area contributed by atoms with E-state index in [1.54, 1.807) is 0 Å². The number of rotatable bonds is 1. The van der Waals surface area contributed by atoms with E-state index in [0.29, 0.717) is 12.8 Å². The minimum Gasteiger partial charge on any atom is -0.467 e. The standard InChI is InChI=1S/C9H13NO3/c1-6-3-4-9(10,7(11)5-6)8(12)13-2/h5H,3-4,10H2,1-2H3/t9-/m0/s1. The van der Waals surface area contributed by atoms with Gasteiger partial charge < -0.3 is 10.5 Å². The molecule has 0 radical (unpaired) electrons. The van der Waals surface area contributed by atoms with Gasteiger partial charge in [0.25, 0.3) is 0 Å². The van der Waals surface area contributed by atoms with Crippen molar-refractivity contribution in [2.45, 2.75) is 25.3 Å². The van der Waals surface area contributed by atoms with E-state index in [9.17, 15) is 9.59 Å². The molecular formula is C9H13NO3. The first kappa shape index (κ1) is 9.92. The van der Waals surface area contributed by atoms with Crippen molar-refractivity contribution in [3.8, 4) is 0 Å². The molecule has 0 amide bonds. The lowest BCUT2D eigenvalue weighted by Gasteiger charge is -2.27. The average Bonchev–Trinajstić information content (AvgIpc) is 2.11. The maximum Gasteiger partial charge on any atom is 0.333 e. The molecule has 4 heteroatoms. The molecule has 0 fully saturated rings. The van der Waals surface area contributed by atoms with Crippen LogP contribution in [0.5, 0.6) is 0 Å². The third-order valence-corrected chi connectivity index (χ3v) is 2.28. The molecule has 0 aliphatic heterocycles. The number of carbonyl (C=O) groups excluding carboxylic acids is 2. The Balaban J connectivity index is 2.94. The Morgan fingerprint density at radius 2 is 2.31 bits per heavy atom. The molecule has 1 rings (SSSR count). The predicted molar refractivity (Wildman–Crippen MR) is 46.9 cm³/mol. The van der Waals surface area contributed by atoms with Crippen LogP contribution in [0, 0.1) is 0 Å². The molecule has 0 spiro atoms. The summed E-state index contributed by atoms with van der Waals surface area (Å²) in [4.78, 5) is 22.6. The molecule has 72 valence electrons. The summed E-state index contributed by atoms with van der Waals surface area (Å²) in [5.74, 6) is -1.01. The quantitative estimate of drug-likeness (QED) is 0.464. The first-order valence-electron chi connectivity index (χ1n) is 4.09. The van der Waals surface area contributed by atoms with E-state index in [2.05, 4.69) is 4.74 Å². The molecule has 1 aliphatic rings. The molecule has 1 aliphatic carbocycles. The zero-order valence-electron chi connectivity index (χ0n) is 7.79. The predicted octanol–water partition coefficient (Wildman–Crippen LogP) is 0.166. The first-order chi connectivity index (χ1) is 6.00. The fourth-order valence-corrected chi connectivity index (χ4v) is 1.33. The van der Waals surface area contributed by atoms with Crippen LogP contribution in [-0.4, -0.2) is 24.4 Å². The molecule has 2 N–H and O–H groups in total. The van der Waals surface area contributed by atoms with E-state index in [1.807, 2.05) is 6.92 Å². The zero-order chi connectivity index (χ0) is 10.1. The summed E-state index contributed by atoms with van der Waals surface area (Å²) in [7, 11) is 1.23. The topological polar surface area (TPSA) is 69.4 Å². The third kappa shape index (κ3) is 1.62. The van der Waals surface area contributed by atoms with Crippen LogP contribution < -0.4 is 5.73 Å². The van der Waals surface area contributed by atoms with Crippen molar-refractivity contribution in [3.63, 3.8) is 0 Å². The number of methoxy groups -OCH3 is 1. The van der Waals surface area contributed by atoms with E-state index in [0.717, 1.165) is 5.57 Å².